The molecule has 4 heterocycles. The van der Waals surface area contributed by atoms with Crippen LogP contribution in [0.2, 0.25) is 0 Å². The Morgan fingerprint density at radius 2 is 2.10 bits per heavy atom. The van der Waals surface area contributed by atoms with Gasteiger partial charge >= 0.3 is 0 Å². The Hall–Kier alpha value is -2.27. The van der Waals surface area contributed by atoms with Gasteiger partial charge in [-0.15, -0.1) is 28.8 Å². The number of amides is 1. The number of furan rings is 1. The van der Waals surface area contributed by atoms with Gasteiger partial charge in [-0.3, -0.25) is 9.69 Å². The van der Waals surface area contributed by atoms with Crippen molar-refractivity contribution in [2.24, 2.45) is 0 Å². The summed E-state index contributed by atoms with van der Waals surface area (Å²) in [5, 5.41) is 14.4. The normalized spacial score (nSPS) is 15.8. The van der Waals surface area contributed by atoms with Crippen LogP contribution in [0.25, 0.3) is 0 Å². The highest BCUT2D eigenvalue weighted by Crippen LogP contribution is 2.31. The lowest BCUT2D eigenvalue weighted by atomic mass is 10.1. The molecule has 1 aliphatic heterocycles. The van der Waals surface area contributed by atoms with E-state index in [-0.39, 0.29) is 24.4 Å². The highest BCUT2D eigenvalue weighted by Gasteiger charge is 2.32. The van der Waals surface area contributed by atoms with Gasteiger partial charge in [0.25, 0.3) is 5.91 Å². The van der Waals surface area contributed by atoms with Gasteiger partial charge in [-0.1, -0.05) is 6.07 Å². The number of piperazine rings is 1. The molecule has 0 aromatic carbocycles. The molecule has 0 bridgehead atoms. The van der Waals surface area contributed by atoms with Gasteiger partial charge in [0, 0.05) is 38.2 Å². The average molecular weight is 439 g/mol. The molecule has 0 radical (unpaired) electrons. The smallest absolute Gasteiger partial charge is 0.289 e. The van der Waals surface area contributed by atoms with Crippen molar-refractivity contribution < 1.29 is 13.9 Å². The molecular formula is C18H23ClN6O3S. The number of ether oxygens (including phenoxy) is 1. The summed E-state index contributed by atoms with van der Waals surface area (Å²) in [7, 11) is 1.66. The van der Waals surface area contributed by atoms with Crippen molar-refractivity contribution in [3.8, 4) is 0 Å². The molecule has 1 aliphatic rings. The first-order valence-electron chi connectivity index (χ1n) is 9.13. The molecule has 1 saturated heterocycles. The number of hydrogen-bond donors (Lipinski definition) is 0. The minimum absolute atomic E-state index is 0. The first kappa shape index (κ1) is 21.4. The van der Waals surface area contributed by atoms with Crippen molar-refractivity contribution >= 4 is 29.7 Å². The molecule has 11 heteroatoms. The molecule has 0 aliphatic carbocycles. The first-order valence-corrected chi connectivity index (χ1v) is 10.0. The molecule has 3 aromatic rings. The van der Waals surface area contributed by atoms with E-state index < -0.39 is 0 Å². The van der Waals surface area contributed by atoms with Gasteiger partial charge in [-0.25, -0.2) is 4.68 Å². The highest BCUT2D eigenvalue weighted by atomic mass is 35.5. The van der Waals surface area contributed by atoms with Crippen molar-refractivity contribution in [1.29, 1.82) is 0 Å². The molecule has 0 N–H and O–H groups in total. The van der Waals surface area contributed by atoms with Crippen LogP contribution in [-0.4, -0.2) is 75.8 Å². The fourth-order valence-electron chi connectivity index (χ4n) is 3.40. The fourth-order valence-corrected chi connectivity index (χ4v) is 4.26. The molecule has 9 nitrogen and oxygen atoms in total. The summed E-state index contributed by atoms with van der Waals surface area (Å²) in [6.45, 7) is 3.85. The molecule has 1 atom stereocenters. The molecule has 4 rings (SSSR count). The van der Waals surface area contributed by atoms with E-state index in [9.17, 15) is 4.79 Å². The van der Waals surface area contributed by atoms with Crippen LogP contribution in [0.4, 0.5) is 0 Å². The maximum atomic E-state index is 12.5. The highest BCUT2D eigenvalue weighted by molar-refractivity contribution is 7.10. The lowest BCUT2D eigenvalue weighted by Crippen LogP contribution is -2.50. The second-order valence-electron chi connectivity index (χ2n) is 6.48. The van der Waals surface area contributed by atoms with E-state index in [1.54, 1.807) is 35.3 Å². The van der Waals surface area contributed by atoms with Crippen LogP contribution in [0.1, 0.15) is 27.3 Å². The fraction of sp³-hybridized carbons (Fsp3) is 0.444. The van der Waals surface area contributed by atoms with E-state index in [4.69, 9.17) is 9.15 Å². The average Bonchev–Trinajstić information content (AvgIpc) is 3.49. The number of methoxy groups -OCH3 is 1. The molecule has 1 fully saturated rings. The predicted octanol–water partition coefficient (Wildman–Crippen LogP) is 1.94. The monoisotopic (exact) mass is 438 g/mol. The van der Waals surface area contributed by atoms with Crippen molar-refractivity contribution in [3.05, 3.63) is 52.4 Å². The van der Waals surface area contributed by atoms with Crippen LogP contribution in [0.15, 0.2) is 40.3 Å². The number of nitrogens with zero attached hydrogens (tertiary/aromatic N) is 6. The van der Waals surface area contributed by atoms with Crippen LogP contribution in [-0.2, 0) is 11.3 Å². The zero-order chi connectivity index (χ0) is 19.3. The summed E-state index contributed by atoms with van der Waals surface area (Å²) in [5.41, 5.74) is 0. The Labute approximate surface area is 178 Å². The van der Waals surface area contributed by atoms with Gasteiger partial charge in [-0.05, 0) is 34.0 Å². The molecule has 1 amide bonds. The number of thiophene rings is 1. The molecular weight excluding hydrogens is 416 g/mol. The Bertz CT molecular complexity index is 877. The van der Waals surface area contributed by atoms with Gasteiger partial charge in [0.2, 0.25) is 0 Å². The second kappa shape index (κ2) is 9.97. The third-order valence-corrected chi connectivity index (χ3v) is 5.75. The number of hydrogen-bond acceptors (Lipinski definition) is 8. The van der Waals surface area contributed by atoms with E-state index in [1.165, 1.54) is 11.1 Å². The van der Waals surface area contributed by atoms with E-state index >= 15 is 0 Å². The number of carbonyl (C=O) groups excluding carboxylic acids is 1. The summed E-state index contributed by atoms with van der Waals surface area (Å²) in [6, 6.07) is 7.52. The SMILES string of the molecule is COCCn1nnnc1C(c1cccs1)N1CCN(C(=O)c2ccco2)CC1.Cl. The molecule has 0 saturated carbocycles. The maximum absolute atomic E-state index is 12.5. The summed E-state index contributed by atoms with van der Waals surface area (Å²) in [6.07, 6.45) is 1.52. The van der Waals surface area contributed by atoms with Gasteiger partial charge in [0.05, 0.1) is 19.4 Å². The number of halogens is 1. The topological polar surface area (TPSA) is 89.5 Å². The lowest BCUT2D eigenvalue weighted by molar-refractivity contribution is 0.0560. The Balaban J connectivity index is 0.00000240. The third kappa shape index (κ3) is 4.67. The Kier molecular flexibility index (Phi) is 7.37. The molecule has 1 unspecified atom stereocenters. The molecule has 29 heavy (non-hydrogen) atoms. The summed E-state index contributed by atoms with van der Waals surface area (Å²) >= 11 is 1.68. The second-order valence-corrected chi connectivity index (χ2v) is 7.46. The van der Waals surface area contributed by atoms with Gasteiger partial charge in [-0.2, -0.15) is 0 Å². The van der Waals surface area contributed by atoms with Crippen LogP contribution in [0, 0.1) is 0 Å². The van der Waals surface area contributed by atoms with Crippen molar-refractivity contribution in [1.82, 2.24) is 30.0 Å². The van der Waals surface area contributed by atoms with Gasteiger partial charge in [0.1, 0.15) is 6.04 Å². The van der Waals surface area contributed by atoms with Crippen LogP contribution in [0.3, 0.4) is 0 Å². The van der Waals surface area contributed by atoms with E-state index in [2.05, 4.69) is 31.9 Å². The number of aromatic nitrogens is 4. The number of tetrazole rings is 1. The van der Waals surface area contributed by atoms with E-state index in [0.717, 1.165) is 18.9 Å². The largest absolute Gasteiger partial charge is 0.459 e. The minimum atomic E-state index is -0.0674. The van der Waals surface area contributed by atoms with E-state index in [0.29, 0.717) is 32.0 Å². The minimum Gasteiger partial charge on any atom is -0.459 e. The van der Waals surface area contributed by atoms with Crippen LogP contribution >= 0.6 is 23.7 Å². The quantitative estimate of drug-likeness (QED) is 0.556. The van der Waals surface area contributed by atoms with Crippen molar-refractivity contribution in [3.63, 3.8) is 0 Å². The zero-order valence-electron chi connectivity index (χ0n) is 16.0. The summed E-state index contributed by atoms with van der Waals surface area (Å²) in [4.78, 5) is 17.9. The van der Waals surface area contributed by atoms with Crippen molar-refractivity contribution in [2.75, 3.05) is 39.9 Å². The Morgan fingerprint density at radius 1 is 1.28 bits per heavy atom. The number of rotatable bonds is 7. The van der Waals surface area contributed by atoms with E-state index in [1.807, 2.05) is 11.0 Å². The molecule has 156 valence electrons. The maximum Gasteiger partial charge on any atom is 0.289 e. The first-order chi connectivity index (χ1) is 13.8. The van der Waals surface area contributed by atoms with Gasteiger partial charge < -0.3 is 14.1 Å². The van der Waals surface area contributed by atoms with Gasteiger partial charge in [0.15, 0.2) is 11.6 Å². The number of carbonyl (C=O) groups is 1. The predicted molar refractivity (Wildman–Crippen MR) is 109 cm³/mol. The zero-order valence-corrected chi connectivity index (χ0v) is 17.6. The third-order valence-electron chi connectivity index (χ3n) is 4.82. The lowest BCUT2D eigenvalue weighted by Gasteiger charge is -2.38. The summed E-state index contributed by atoms with van der Waals surface area (Å²) in [5.74, 6) is 1.11. The Morgan fingerprint density at radius 3 is 2.76 bits per heavy atom. The molecule has 3 aromatic heterocycles. The van der Waals surface area contributed by atoms with Crippen molar-refractivity contribution in [2.45, 2.75) is 12.6 Å². The summed E-state index contributed by atoms with van der Waals surface area (Å²) < 4.78 is 12.2. The van der Waals surface area contributed by atoms with Crippen LogP contribution < -0.4 is 0 Å². The standard InChI is InChI=1S/C18H22N6O3S.ClH/c1-26-12-10-24-17(19-20-21-24)16(15-5-3-13-28-15)22-6-8-23(9-7-22)18(25)14-4-2-11-27-14;/h2-5,11,13,16H,6-10,12H2,1H3;1H. The molecule has 0 spiro atoms. The van der Waals surface area contributed by atoms with Crippen LogP contribution in [0.5, 0.6) is 0 Å².